The molecule has 1 aliphatic rings. The fourth-order valence-electron chi connectivity index (χ4n) is 2.54. The van der Waals surface area contributed by atoms with Gasteiger partial charge in [-0.15, -0.1) is 5.10 Å². The van der Waals surface area contributed by atoms with Gasteiger partial charge in [-0.1, -0.05) is 35.5 Å². The first-order valence-electron chi connectivity index (χ1n) is 7.41. The maximum Gasteiger partial charge on any atom is 0.292 e. The standard InChI is InChI=1S/C16H14F2N4O/c17-16(18,12-4-2-1-3-5-12)9-22-8-13(20-21-22)14-15(11-6-7-11)23-10-19-14/h1-5,8,10-11H,6-7,9H2. The summed E-state index contributed by atoms with van der Waals surface area (Å²) in [5, 5.41) is 7.77. The lowest BCUT2D eigenvalue weighted by atomic mass is 10.1. The van der Waals surface area contributed by atoms with E-state index in [4.69, 9.17) is 4.42 Å². The van der Waals surface area contributed by atoms with Gasteiger partial charge in [-0.25, -0.2) is 9.67 Å². The Kier molecular flexibility index (Phi) is 3.21. The Balaban J connectivity index is 1.57. The van der Waals surface area contributed by atoms with Gasteiger partial charge in [-0.3, -0.25) is 0 Å². The third-order valence-corrected chi connectivity index (χ3v) is 3.88. The molecule has 7 heteroatoms. The molecular formula is C16H14F2N4O. The molecule has 5 nitrogen and oxygen atoms in total. The Morgan fingerprint density at radius 3 is 2.74 bits per heavy atom. The van der Waals surface area contributed by atoms with Crippen LogP contribution in [0.25, 0.3) is 11.4 Å². The lowest BCUT2D eigenvalue weighted by molar-refractivity contribution is -0.0258. The number of oxazole rings is 1. The third-order valence-electron chi connectivity index (χ3n) is 3.88. The van der Waals surface area contributed by atoms with E-state index in [1.54, 1.807) is 18.2 Å². The van der Waals surface area contributed by atoms with E-state index in [0.717, 1.165) is 23.3 Å². The number of hydrogen-bond acceptors (Lipinski definition) is 4. The lowest BCUT2D eigenvalue weighted by Gasteiger charge is -2.15. The number of rotatable bonds is 5. The summed E-state index contributed by atoms with van der Waals surface area (Å²) in [4.78, 5) is 4.15. The van der Waals surface area contributed by atoms with E-state index < -0.39 is 12.5 Å². The second kappa shape index (κ2) is 5.26. The molecule has 0 atom stereocenters. The number of hydrogen-bond donors (Lipinski definition) is 0. The van der Waals surface area contributed by atoms with E-state index in [1.165, 1.54) is 24.7 Å². The van der Waals surface area contributed by atoms with E-state index in [-0.39, 0.29) is 5.56 Å². The van der Waals surface area contributed by atoms with Gasteiger partial charge in [0.1, 0.15) is 23.7 Å². The average molecular weight is 316 g/mol. The van der Waals surface area contributed by atoms with Gasteiger partial charge in [0.15, 0.2) is 6.39 Å². The van der Waals surface area contributed by atoms with Gasteiger partial charge in [0, 0.05) is 11.5 Å². The van der Waals surface area contributed by atoms with Crippen LogP contribution in [0.3, 0.4) is 0 Å². The van der Waals surface area contributed by atoms with Gasteiger partial charge < -0.3 is 4.42 Å². The van der Waals surface area contributed by atoms with E-state index in [2.05, 4.69) is 15.3 Å². The highest BCUT2D eigenvalue weighted by atomic mass is 19.3. The molecule has 3 aromatic rings. The molecule has 0 saturated heterocycles. The van der Waals surface area contributed by atoms with Crippen LogP contribution in [0.4, 0.5) is 8.78 Å². The minimum Gasteiger partial charge on any atom is -0.447 e. The molecule has 0 amide bonds. The van der Waals surface area contributed by atoms with Gasteiger partial charge in [-0.2, -0.15) is 8.78 Å². The van der Waals surface area contributed by atoms with Crippen LogP contribution < -0.4 is 0 Å². The highest BCUT2D eigenvalue weighted by Crippen LogP contribution is 2.43. The van der Waals surface area contributed by atoms with Crippen molar-refractivity contribution in [1.29, 1.82) is 0 Å². The zero-order valence-corrected chi connectivity index (χ0v) is 12.2. The molecule has 0 N–H and O–H groups in total. The summed E-state index contributed by atoms with van der Waals surface area (Å²) in [6.07, 6.45) is 4.96. The van der Waals surface area contributed by atoms with Gasteiger partial charge in [0.25, 0.3) is 5.92 Å². The van der Waals surface area contributed by atoms with Crippen LogP contribution in [0.5, 0.6) is 0 Å². The van der Waals surface area contributed by atoms with Crippen molar-refractivity contribution in [3.8, 4) is 11.4 Å². The Morgan fingerprint density at radius 1 is 1.22 bits per heavy atom. The largest absolute Gasteiger partial charge is 0.447 e. The predicted octanol–water partition coefficient (Wildman–Crippen LogP) is 3.60. The summed E-state index contributed by atoms with van der Waals surface area (Å²) in [5.41, 5.74) is 1.02. The number of halogens is 2. The molecule has 1 saturated carbocycles. The van der Waals surface area contributed by atoms with Crippen molar-refractivity contribution in [3.05, 3.63) is 54.2 Å². The van der Waals surface area contributed by atoms with Crippen LogP contribution in [0, 0.1) is 0 Å². The summed E-state index contributed by atoms with van der Waals surface area (Å²) < 4.78 is 35.1. The minimum atomic E-state index is -3.02. The molecule has 23 heavy (non-hydrogen) atoms. The van der Waals surface area contributed by atoms with E-state index in [0.29, 0.717) is 17.3 Å². The van der Waals surface area contributed by atoms with Crippen molar-refractivity contribution in [2.75, 3.05) is 0 Å². The molecule has 0 aliphatic heterocycles. The summed E-state index contributed by atoms with van der Waals surface area (Å²) >= 11 is 0. The third kappa shape index (κ3) is 2.74. The Labute approximate surface area is 131 Å². The topological polar surface area (TPSA) is 56.7 Å². The molecule has 2 aromatic heterocycles. The first-order chi connectivity index (χ1) is 11.1. The smallest absolute Gasteiger partial charge is 0.292 e. The molecule has 118 valence electrons. The fourth-order valence-corrected chi connectivity index (χ4v) is 2.54. The zero-order chi connectivity index (χ0) is 15.9. The molecule has 1 fully saturated rings. The second-order valence-corrected chi connectivity index (χ2v) is 5.71. The van der Waals surface area contributed by atoms with E-state index in [9.17, 15) is 8.78 Å². The molecule has 0 spiro atoms. The summed E-state index contributed by atoms with van der Waals surface area (Å²) in [6, 6.07) is 7.69. The molecule has 1 aromatic carbocycles. The first-order valence-corrected chi connectivity index (χ1v) is 7.41. The van der Waals surface area contributed by atoms with Crippen LogP contribution >= 0.6 is 0 Å². The molecule has 0 bridgehead atoms. The SMILES string of the molecule is FC(F)(Cn1cc(-c2ncoc2C2CC2)nn1)c1ccccc1. The van der Waals surface area contributed by atoms with Crippen molar-refractivity contribution in [1.82, 2.24) is 20.0 Å². The van der Waals surface area contributed by atoms with Crippen LogP contribution in [0.2, 0.25) is 0 Å². The highest BCUT2D eigenvalue weighted by molar-refractivity contribution is 5.56. The van der Waals surface area contributed by atoms with Crippen molar-refractivity contribution in [3.63, 3.8) is 0 Å². The normalized spacial score (nSPS) is 15.0. The Hall–Kier alpha value is -2.57. The molecule has 0 unspecified atom stereocenters. The molecule has 0 radical (unpaired) electrons. The van der Waals surface area contributed by atoms with Crippen LogP contribution in [0.1, 0.15) is 30.1 Å². The number of nitrogens with zero attached hydrogens (tertiary/aromatic N) is 4. The van der Waals surface area contributed by atoms with Gasteiger partial charge in [0.05, 0.1) is 6.20 Å². The zero-order valence-electron chi connectivity index (χ0n) is 12.2. The summed E-state index contributed by atoms with van der Waals surface area (Å²) in [7, 11) is 0. The van der Waals surface area contributed by atoms with Crippen LogP contribution in [-0.2, 0) is 12.5 Å². The number of aromatic nitrogens is 4. The maximum absolute atomic E-state index is 14.3. The van der Waals surface area contributed by atoms with Crippen molar-refractivity contribution < 1.29 is 13.2 Å². The minimum absolute atomic E-state index is 0.0443. The van der Waals surface area contributed by atoms with Gasteiger partial charge in [-0.05, 0) is 12.8 Å². The van der Waals surface area contributed by atoms with Crippen LogP contribution in [0.15, 0.2) is 47.3 Å². The van der Waals surface area contributed by atoms with Crippen LogP contribution in [-0.4, -0.2) is 20.0 Å². The summed E-state index contributed by atoms with van der Waals surface area (Å²) in [6.45, 7) is -0.569. The number of alkyl halides is 2. The summed E-state index contributed by atoms with van der Waals surface area (Å²) in [5.74, 6) is -1.88. The van der Waals surface area contributed by atoms with Crippen molar-refractivity contribution in [2.45, 2.75) is 31.2 Å². The average Bonchev–Trinajstić information content (AvgIpc) is 3.10. The molecule has 4 rings (SSSR count). The van der Waals surface area contributed by atoms with E-state index in [1.807, 2.05) is 0 Å². The van der Waals surface area contributed by atoms with Gasteiger partial charge in [0.2, 0.25) is 0 Å². The Morgan fingerprint density at radius 2 is 2.00 bits per heavy atom. The van der Waals surface area contributed by atoms with Crippen molar-refractivity contribution in [2.24, 2.45) is 0 Å². The van der Waals surface area contributed by atoms with E-state index >= 15 is 0 Å². The monoisotopic (exact) mass is 316 g/mol. The molecular weight excluding hydrogens is 302 g/mol. The lowest BCUT2D eigenvalue weighted by Crippen LogP contribution is -2.21. The molecule has 1 aliphatic carbocycles. The number of benzene rings is 1. The Bertz CT molecular complexity index is 808. The first kappa shape index (κ1) is 14.0. The second-order valence-electron chi connectivity index (χ2n) is 5.71. The van der Waals surface area contributed by atoms with Crippen molar-refractivity contribution >= 4 is 0 Å². The maximum atomic E-state index is 14.3. The quantitative estimate of drug-likeness (QED) is 0.721. The highest BCUT2D eigenvalue weighted by Gasteiger charge is 2.34. The van der Waals surface area contributed by atoms with Gasteiger partial charge >= 0.3 is 0 Å². The molecule has 2 heterocycles. The predicted molar refractivity (Wildman–Crippen MR) is 77.8 cm³/mol. The fraction of sp³-hybridized carbons (Fsp3) is 0.312.